The second-order valence-corrected chi connectivity index (χ2v) is 4.53. The average Bonchev–Trinajstić information content (AvgIpc) is 2.47. The van der Waals surface area contributed by atoms with Gasteiger partial charge in [0.25, 0.3) is 0 Å². The summed E-state index contributed by atoms with van der Waals surface area (Å²) in [7, 11) is 1.59. The Hall–Kier alpha value is -2.08. The highest BCUT2D eigenvalue weighted by Crippen LogP contribution is 2.14. The van der Waals surface area contributed by atoms with Gasteiger partial charge in [-0.1, -0.05) is 6.92 Å². The lowest BCUT2D eigenvalue weighted by atomic mass is 10.3. The van der Waals surface area contributed by atoms with Crippen LogP contribution in [0.5, 0.6) is 5.75 Å². The molecule has 0 fully saturated rings. The quantitative estimate of drug-likeness (QED) is 0.753. The maximum Gasteiger partial charge on any atom is 0.238 e. The Kier molecular flexibility index (Phi) is 7.25. The Morgan fingerprint density at radius 2 is 1.71 bits per heavy atom. The number of carbonyl (C=O) groups is 2. The highest BCUT2D eigenvalue weighted by Gasteiger charge is 2.12. The molecule has 0 atom stereocenters. The first-order chi connectivity index (χ1) is 10.1. The molecule has 116 valence electrons. The second-order valence-electron chi connectivity index (χ2n) is 4.53. The first kappa shape index (κ1) is 17.0. The van der Waals surface area contributed by atoms with E-state index in [0.29, 0.717) is 18.8 Å². The molecule has 0 aliphatic heterocycles. The van der Waals surface area contributed by atoms with Crippen molar-refractivity contribution in [3.05, 3.63) is 24.3 Å². The van der Waals surface area contributed by atoms with Gasteiger partial charge >= 0.3 is 0 Å². The number of rotatable bonds is 8. The van der Waals surface area contributed by atoms with Crippen LogP contribution in [0, 0.1) is 0 Å². The first-order valence-corrected chi connectivity index (χ1v) is 7.02. The van der Waals surface area contributed by atoms with Crippen LogP contribution in [-0.4, -0.2) is 50.0 Å². The van der Waals surface area contributed by atoms with Gasteiger partial charge in [0.15, 0.2) is 0 Å². The van der Waals surface area contributed by atoms with Crippen LogP contribution in [-0.2, 0) is 9.59 Å². The third-order valence-corrected chi connectivity index (χ3v) is 2.93. The predicted octanol–water partition coefficient (Wildman–Crippen LogP) is 1.09. The lowest BCUT2D eigenvalue weighted by Crippen LogP contribution is -2.40. The third-order valence-electron chi connectivity index (χ3n) is 2.93. The maximum absolute atomic E-state index is 12.0. The summed E-state index contributed by atoms with van der Waals surface area (Å²) in [4.78, 5) is 25.3. The Morgan fingerprint density at radius 1 is 1.10 bits per heavy atom. The molecule has 0 heterocycles. The fourth-order valence-corrected chi connectivity index (χ4v) is 1.81. The molecular formula is C15H23N3O3. The molecule has 0 unspecified atom stereocenters. The van der Waals surface area contributed by atoms with E-state index in [4.69, 9.17) is 4.74 Å². The molecular weight excluding hydrogens is 270 g/mol. The summed E-state index contributed by atoms with van der Waals surface area (Å²) in [6, 6.07) is 7.11. The zero-order valence-electron chi connectivity index (χ0n) is 12.8. The summed E-state index contributed by atoms with van der Waals surface area (Å²) < 4.78 is 5.06. The number of hydrogen-bond acceptors (Lipinski definition) is 4. The fraction of sp³-hybridized carbons (Fsp3) is 0.467. The molecule has 1 aromatic rings. The smallest absolute Gasteiger partial charge is 0.238 e. The van der Waals surface area contributed by atoms with E-state index >= 15 is 0 Å². The standard InChI is InChI=1S/C15H23N3O3/c1-4-16-14(19)10-18(5-2)11-15(20)17-12-6-8-13(21-3)9-7-12/h6-9H,4-5,10-11H2,1-3H3,(H,16,19)(H,17,20). The van der Waals surface area contributed by atoms with Crippen molar-refractivity contribution in [2.45, 2.75) is 13.8 Å². The van der Waals surface area contributed by atoms with Gasteiger partial charge in [0, 0.05) is 12.2 Å². The van der Waals surface area contributed by atoms with Gasteiger partial charge in [-0.3, -0.25) is 14.5 Å². The molecule has 0 aliphatic carbocycles. The Morgan fingerprint density at radius 3 is 2.24 bits per heavy atom. The third kappa shape index (κ3) is 6.27. The van der Waals surface area contributed by atoms with E-state index in [9.17, 15) is 9.59 Å². The van der Waals surface area contributed by atoms with Crippen LogP contribution in [0.15, 0.2) is 24.3 Å². The normalized spacial score (nSPS) is 10.3. The topological polar surface area (TPSA) is 70.7 Å². The molecule has 0 saturated heterocycles. The van der Waals surface area contributed by atoms with E-state index in [1.807, 2.05) is 13.8 Å². The van der Waals surface area contributed by atoms with Crippen molar-refractivity contribution in [1.82, 2.24) is 10.2 Å². The maximum atomic E-state index is 12.0. The number of amides is 2. The van der Waals surface area contributed by atoms with Crippen molar-refractivity contribution in [1.29, 1.82) is 0 Å². The van der Waals surface area contributed by atoms with Gasteiger partial charge in [-0.05, 0) is 37.7 Å². The summed E-state index contributed by atoms with van der Waals surface area (Å²) in [5.41, 5.74) is 0.704. The number of hydrogen-bond donors (Lipinski definition) is 2. The van der Waals surface area contributed by atoms with Crippen LogP contribution < -0.4 is 15.4 Å². The molecule has 1 aromatic carbocycles. The van der Waals surface area contributed by atoms with Crippen LogP contribution in [0.25, 0.3) is 0 Å². The Bertz CT molecular complexity index is 460. The average molecular weight is 293 g/mol. The summed E-state index contributed by atoms with van der Waals surface area (Å²) in [5, 5.41) is 5.52. The van der Waals surface area contributed by atoms with Crippen LogP contribution in [0.2, 0.25) is 0 Å². The number of nitrogens with one attached hydrogen (secondary N) is 2. The zero-order valence-corrected chi connectivity index (χ0v) is 12.8. The molecule has 0 radical (unpaired) electrons. The molecule has 21 heavy (non-hydrogen) atoms. The molecule has 0 aliphatic rings. The van der Waals surface area contributed by atoms with Gasteiger partial charge in [-0.15, -0.1) is 0 Å². The van der Waals surface area contributed by atoms with Gasteiger partial charge in [0.1, 0.15) is 5.75 Å². The summed E-state index contributed by atoms with van der Waals surface area (Å²) in [5.74, 6) is 0.516. The molecule has 0 aromatic heterocycles. The predicted molar refractivity (Wildman–Crippen MR) is 82.4 cm³/mol. The van der Waals surface area contributed by atoms with Crippen molar-refractivity contribution >= 4 is 17.5 Å². The van der Waals surface area contributed by atoms with Crippen LogP contribution in [0.3, 0.4) is 0 Å². The van der Waals surface area contributed by atoms with Crippen molar-refractivity contribution < 1.29 is 14.3 Å². The van der Waals surface area contributed by atoms with E-state index in [2.05, 4.69) is 10.6 Å². The number of carbonyl (C=O) groups excluding carboxylic acids is 2. The largest absolute Gasteiger partial charge is 0.497 e. The Balaban J connectivity index is 2.48. The summed E-state index contributed by atoms with van der Waals surface area (Å²) in [6.07, 6.45) is 0. The van der Waals surface area contributed by atoms with E-state index < -0.39 is 0 Å². The van der Waals surface area contributed by atoms with Crippen molar-refractivity contribution in [3.63, 3.8) is 0 Å². The van der Waals surface area contributed by atoms with Crippen LogP contribution in [0.4, 0.5) is 5.69 Å². The lowest BCUT2D eigenvalue weighted by Gasteiger charge is -2.19. The van der Waals surface area contributed by atoms with Gasteiger partial charge < -0.3 is 15.4 Å². The minimum absolute atomic E-state index is 0.0726. The summed E-state index contributed by atoms with van der Waals surface area (Å²) in [6.45, 7) is 5.41. The van der Waals surface area contributed by atoms with E-state index in [1.54, 1.807) is 36.3 Å². The Labute approximate surface area is 125 Å². The van der Waals surface area contributed by atoms with Gasteiger partial charge in [0.2, 0.25) is 11.8 Å². The number of methoxy groups -OCH3 is 1. The molecule has 6 heteroatoms. The van der Waals surface area contributed by atoms with E-state index in [-0.39, 0.29) is 24.9 Å². The van der Waals surface area contributed by atoms with E-state index in [0.717, 1.165) is 5.75 Å². The van der Waals surface area contributed by atoms with Crippen molar-refractivity contribution in [3.8, 4) is 5.75 Å². The monoisotopic (exact) mass is 293 g/mol. The number of anilines is 1. The molecule has 0 bridgehead atoms. The molecule has 0 saturated carbocycles. The van der Waals surface area contributed by atoms with Gasteiger partial charge in [0.05, 0.1) is 20.2 Å². The lowest BCUT2D eigenvalue weighted by molar-refractivity contribution is -0.123. The number of benzene rings is 1. The molecule has 0 spiro atoms. The second kappa shape index (κ2) is 8.97. The molecule has 2 N–H and O–H groups in total. The van der Waals surface area contributed by atoms with Gasteiger partial charge in [-0.2, -0.15) is 0 Å². The number of nitrogens with zero attached hydrogens (tertiary/aromatic N) is 1. The first-order valence-electron chi connectivity index (χ1n) is 7.02. The molecule has 2 amide bonds. The van der Waals surface area contributed by atoms with Crippen molar-refractivity contribution in [2.24, 2.45) is 0 Å². The van der Waals surface area contributed by atoms with E-state index in [1.165, 1.54) is 0 Å². The van der Waals surface area contributed by atoms with Gasteiger partial charge in [-0.25, -0.2) is 0 Å². The SMILES string of the molecule is CCNC(=O)CN(CC)CC(=O)Nc1ccc(OC)cc1. The zero-order chi connectivity index (χ0) is 15.7. The number of ether oxygens (including phenoxy) is 1. The van der Waals surface area contributed by atoms with Crippen molar-refractivity contribution in [2.75, 3.05) is 38.6 Å². The summed E-state index contributed by atoms with van der Waals surface area (Å²) >= 11 is 0. The molecule has 1 rings (SSSR count). The van der Waals surface area contributed by atoms with Crippen LogP contribution >= 0.6 is 0 Å². The fourth-order valence-electron chi connectivity index (χ4n) is 1.81. The molecule has 6 nitrogen and oxygen atoms in total. The van der Waals surface area contributed by atoms with Crippen LogP contribution in [0.1, 0.15) is 13.8 Å². The number of likely N-dealkylation sites (N-methyl/N-ethyl adjacent to an activating group) is 2. The minimum Gasteiger partial charge on any atom is -0.497 e. The minimum atomic E-state index is -0.147. The highest BCUT2D eigenvalue weighted by atomic mass is 16.5. The highest BCUT2D eigenvalue weighted by molar-refractivity contribution is 5.92.